The molecule has 0 aliphatic heterocycles. The van der Waals surface area contributed by atoms with Crippen molar-refractivity contribution in [3.8, 4) is 0 Å². The van der Waals surface area contributed by atoms with Crippen LogP contribution in [0, 0.1) is 5.92 Å². The van der Waals surface area contributed by atoms with E-state index >= 15 is 0 Å². The van der Waals surface area contributed by atoms with Crippen LogP contribution in [0.2, 0.25) is 0 Å². The average Bonchev–Trinajstić information content (AvgIpc) is 2.51. The molecule has 0 fully saturated rings. The van der Waals surface area contributed by atoms with Gasteiger partial charge in [-0.1, -0.05) is 6.92 Å². The largest absolute Gasteiger partial charge is 0.481 e. The van der Waals surface area contributed by atoms with Crippen LogP contribution in [-0.2, 0) is 11.8 Å². The van der Waals surface area contributed by atoms with Gasteiger partial charge in [0.2, 0.25) is 0 Å². The second kappa shape index (κ2) is 5.05. The minimum absolute atomic E-state index is 0.265. The Bertz CT molecular complexity index is 312. The number of thioether (sulfide) groups is 1. The van der Waals surface area contributed by atoms with Gasteiger partial charge in [-0.3, -0.25) is 9.48 Å². The minimum atomic E-state index is -0.725. The lowest BCUT2D eigenvalue weighted by atomic mass is 10.1. The highest BCUT2D eigenvalue weighted by molar-refractivity contribution is 7.99. The number of nitrogens with zero attached hydrogens (tertiary/aromatic N) is 2. The SMILES string of the molecule is C[C@@H](CCSc1cnn(C)c1)C(=O)O. The summed E-state index contributed by atoms with van der Waals surface area (Å²) in [5.41, 5.74) is 0. The standard InChI is InChI=1S/C9H14N2O2S/c1-7(9(12)13)3-4-14-8-5-10-11(2)6-8/h5-7H,3-4H2,1-2H3,(H,12,13)/t7-/m0/s1. The molecule has 78 valence electrons. The monoisotopic (exact) mass is 214 g/mol. The second-order valence-electron chi connectivity index (χ2n) is 3.23. The Morgan fingerprint density at radius 2 is 2.50 bits per heavy atom. The van der Waals surface area contributed by atoms with Crippen molar-refractivity contribution in [3.63, 3.8) is 0 Å². The highest BCUT2D eigenvalue weighted by Gasteiger charge is 2.10. The summed E-state index contributed by atoms with van der Waals surface area (Å²) in [7, 11) is 1.87. The summed E-state index contributed by atoms with van der Waals surface area (Å²) in [6.45, 7) is 1.73. The number of carboxylic acid groups (broad SMARTS) is 1. The zero-order valence-electron chi connectivity index (χ0n) is 8.30. The van der Waals surface area contributed by atoms with E-state index in [1.165, 1.54) is 0 Å². The lowest BCUT2D eigenvalue weighted by Crippen LogP contribution is -2.09. The van der Waals surface area contributed by atoms with Gasteiger partial charge >= 0.3 is 5.97 Å². The van der Waals surface area contributed by atoms with Gasteiger partial charge in [-0.05, 0) is 12.2 Å². The zero-order chi connectivity index (χ0) is 10.6. The molecular weight excluding hydrogens is 200 g/mol. The molecule has 0 saturated carbocycles. The maximum atomic E-state index is 10.5. The molecule has 0 saturated heterocycles. The average molecular weight is 214 g/mol. The lowest BCUT2D eigenvalue weighted by Gasteiger charge is -2.03. The fourth-order valence-electron chi connectivity index (χ4n) is 0.950. The van der Waals surface area contributed by atoms with Gasteiger partial charge in [0.05, 0.1) is 12.1 Å². The predicted molar refractivity (Wildman–Crippen MR) is 55.3 cm³/mol. The molecule has 1 atom stereocenters. The first-order valence-corrected chi connectivity index (χ1v) is 5.42. The Labute approximate surface area is 87.3 Å². The molecule has 0 bridgehead atoms. The molecule has 0 aliphatic rings. The maximum Gasteiger partial charge on any atom is 0.306 e. The van der Waals surface area contributed by atoms with Crippen LogP contribution in [0.5, 0.6) is 0 Å². The van der Waals surface area contributed by atoms with Crippen LogP contribution < -0.4 is 0 Å². The summed E-state index contributed by atoms with van der Waals surface area (Å²) in [6, 6.07) is 0. The first kappa shape index (κ1) is 11.1. The van der Waals surface area contributed by atoms with Crippen molar-refractivity contribution < 1.29 is 9.90 Å². The van der Waals surface area contributed by atoms with Crippen molar-refractivity contribution in [3.05, 3.63) is 12.4 Å². The number of rotatable bonds is 5. The van der Waals surface area contributed by atoms with E-state index in [2.05, 4.69) is 5.10 Å². The maximum absolute atomic E-state index is 10.5. The van der Waals surface area contributed by atoms with E-state index in [1.54, 1.807) is 29.6 Å². The molecule has 0 unspecified atom stereocenters. The minimum Gasteiger partial charge on any atom is -0.481 e. The van der Waals surface area contributed by atoms with Gasteiger partial charge in [0, 0.05) is 18.1 Å². The molecule has 5 heteroatoms. The summed E-state index contributed by atoms with van der Waals surface area (Å²) in [4.78, 5) is 11.6. The Morgan fingerprint density at radius 1 is 1.79 bits per heavy atom. The first-order chi connectivity index (χ1) is 6.59. The quantitative estimate of drug-likeness (QED) is 0.757. The van der Waals surface area contributed by atoms with Crippen LogP contribution >= 0.6 is 11.8 Å². The number of aromatic nitrogens is 2. The van der Waals surface area contributed by atoms with E-state index in [1.807, 2.05) is 13.2 Å². The molecular formula is C9H14N2O2S. The van der Waals surface area contributed by atoms with Crippen LogP contribution in [0.4, 0.5) is 0 Å². The molecule has 14 heavy (non-hydrogen) atoms. The van der Waals surface area contributed by atoms with Crippen molar-refractivity contribution in [2.24, 2.45) is 13.0 Å². The summed E-state index contributed by atoms with van der Waals surface area (Å²) in [5.74, 6) is -0.171. The third-order valence-electron chi connectivity index (χ3n) is 1.92. The normalized spacial score (nSPS) is 12.7. The number of carbonyl (C=O) groups is 1. The van der Waals surface area contributed by atoms with Gasteiger partial charge < -0.3 is 5.11 Å². The summed E-state index contributed by atoms with van der Waals surface area (Å²) in [5, 5.41) is 12.7. The molecule has 1 aromatic heterocycles. The zero-order valence-corrected chi connectivity index (χ0v) is 9.12. The molecule has 0 aliphatic carbocycles. The lowest BCUT2D eigenvalue weighted by molar-refractivity contribution is -0.141. The number of aryl methyl sites for hydroxylation is 1. The highest BCUT2D eigenvalue weighted by atomic mass is 32.2. The van der Waals surface area contributed by atoms with Crippen molar-refractivity contribution in [2.45, 2.75) is 18.2 Å². The fraction of sp³-hybridized carbons (Fsp3) is 0.556. The van der Waals surface area contributed by atoms with Crippen LogP contribution in [0.1, 0.15) is 13.3 Å². The van der Waals surface area contributed by atoms with Gasteiger partial charge in [0.25, 0.3) is 0 Å². The van der Waals surface area contributed by atoms with E-state index in [0.29, 0.717) is 6.42 Å². The third-order valence-corrected chi connectivity index (χ3v) is 2.91. The van der Waals surface area contributed by atoms with Crippen LogP contribution in [-0.4, -0.2) is 26.6 Å². The molecule has 1 rings (SSSR count). The van der Waals surface area contributed by atoms with Crippen molar-refractivity contribution >= 4 is 17.7 Å². The van der Waals surface area contributed by atoms with E-state index in [4.69, 9.17) is 5.11 Å². The van der Waals surface area contributed by atoms with Crippen molar-refractivity contribution in [2.75, 3.05) is 5.75 Å². The molecule has 0 aromatic carbocycles. The Morgan fingerprint density at radius 3 is 3.00 bits per heavy atom. The topological polar surface area (TPSA) is 55.1 Å². The molecule has 0 spiro atoms. The summed E-state index contributed by atoms with van der Waals surface area (Å²) in [6.07, 6.45) is 4.40. The molecule has 4 nitrogen and oxygen atoms in total. The highest BCUT2D eigenvalue weighted by Crippen LogP contribution is 2.19. The second-order valence-corrected chi connectivity index (χ2v) is 4.39. The summed E-state index contributed by atoms with van der Waals surface area (Å²) < 4.78 is 1.74. The van der Waals surface area contributed by atoms with E-state index in [0.717, 1.165) is 10.6 Å². The Balaban J connectivity index is 2.25. The number of hydrogen-bond donors (Lipinski definition) is 1. The number of aliphatic carboxylic acids is 1. The van der Waals surface area contributed by atoms with E-state index < -0.39 is 5.97 Å². The van der Waals surface area contributed by atoms with Gasteiger partial charge in [-0.15, -0.1) is 11.8 Å². The predicted octanol–water partition coefficient (Wildman–Crippen LogP) is 1.62. The van der Waals surface area contributed by atoms with E-state index in [-0.39, 0.29) is 5.92 Å². The van der Waals surface area contributed by atoms with Gasteiger partial charge in [0.1, 0.15) is 0 Å². The molecule has 0 amide bonds. The number of carboxylic acids is 1. The smallest absolute Gasteiger partial charge is 0.306 e. The number of hydrogen-bond acceptors (Lipinski definition) is 3. The molecule has 1 aromatic rings. The van der Waals surface area contributed by atoms with Gasteiger partial charge in [-0.25, -0.2) is 0 Å². The molecule has 1 N–H and O–H groups in total. The fourth-order valence-corrected chi connectivity index (χ4v) is 2.01. The van der Waals surface area contributed by atoms with E-state index in [9.17, 15) is 4.79 Å². The first-order valence-electron chi connectivity index (χ1n) is 4.44. The third kappa shape index (κ3) is 3.41. The molecule has 0 radical (unpaired) electrons. The van der Waals surface area contributed by atoms with Crippen LogP contribution in [0.15, 0.2) is 17.3 Å². The summed E-state index contributed by atoms with van der Waals surface area (Å²) >= 11 is 1.64. The molecule has 1 heterocycles. The van der Waals surface area contributed by atoms with Crippen LogP contribution in [0.25, 0.3) is 0 Å². The van der Waals surface area contributed by atoms with Gasteiger partial charge in [0.15, 0.2) is 0 Å². The van der Waals surface area contributed by atoms with Crippen molar-refractivity contribution in [1.82, 2.24) is 9.78 Å². The van der Waals surface area contributed by atoms with Crippen LogP contribution in [0.3, 0.4) is 0 Å². The Hall–Kier alpha value is -0.970. The van der Waals surface area contributed by atoms with Gasteiger partial charge in [-0.2, -0.15) is 5.10 Å². The van der Waals surface area contributed by atoms with Crippen molar-refractivity contribution in [1.29, 1.82) is 0 Å². The Kier molecular flexibility index (Phi) is 4.00.